The molecule has 6 nitrogen and oxygen atoms in total. The second kappa shape index (κ2) is 6.10. The molecule has 2 N–H and O–H groups in total. The zero-order valence-electron chi connectivity index (χ0n) is 12.2. The molecule has 0 bridgehead atoms. The number of nitrogens with zero attached hydrogens (tertiary/aromatic N) is 1. The van der Waals surface area contributed by atoms with Crippen LogP contribution in [0.3, 0.4) is 0 Å². The van der Waals surface area contributed by atoms with Crippen LogP contribution in [0.1, 0.15) is 5.56 Å². The van der Waals surface area contributed by atoms with E-state index in [2.05, 4.69) is 15.0 Å². The Morgan fingerprint density at radius 2 is 1.96 bits per heavy atom. The summed E-state index contributed by atoms with van der Waals surface area (Å²) in [6.07, 6.45) is 0. The first-order valence-corrected chi connectivity index (χ1v) is 8.58. The smallest absolute Gasteiger partial charge is 0.287 e. The summed E-state index contributed by atoms with van der Waals surface area (Å²) in [4.78, 5) is 0.108. The van der Waals surface area contributed by atoms with E-state index in [1.165, 1.54) is 12.1 Å². The third kappa shape index (κ3) is 3.40. The summed E-state index contributed by atoms with van der Waals surface area (Å²) in [5, 5.41) is 6.35. The highest BCUT2D eigenvalue weighted by molar-refractivity contribution is 7.90. The molecule has 2 aromatic rings. The average Bonchev–Trinajstić information content (AvgIpc) is 2.52. The van der Waals surface area contributed by atoms with Crippen molar-refractivity contribution in [2.24, 2.45) is 4.40 Å². The molecular formula is C15H14ClN3O3S. The molecule has 0 atom stereocenters. The summed E-state index contributed by atoms with van der Waals surface area (Å²) in [7, 11) is -2.14. The highest BCUT2D eigenvalue weighted by Gasteiger charge is 2.24. The summed E-state index contributed by atoms with van der Waals surface area (Å²) < 4.78 is 33.2. The number of nitrogens with one attached hydrogen (secondary N) is 2. The lowest BCUT2D eigenvalue weighted by molar-refractivity contribution is 0.414. The van der Waals surface area contributed by atoms with E-state index in [1.54, 1.807) is 13.2 Å². The van der Waals surface area contributed by atoms with Gasteiger partial charge in [0.05, 0.1) is 12.8 Å². The number of hydrogen-bond acceptors (Lipinski definition) is 5. The van der Waals surface area contributed by atoms with Crippen molar-refractivity contribution >= 4 is 33.3 Å². The number of guanidine groups is 1. The largest absolute Gasteiger partial charge is 0.497 e. The molecule has 1 aliphatic rings. The highest BCUT2D eigenvalue weighted by atomic mass is 35.5. The molecule has 0 saturated carbocycles. The number of benzene rings is 2. The second-order valence-electron chi connectivity index (χ2n) is 4.88. The van der Waals surface area contributed by atoms with Gasteiger partial charge in [0.15, 0.2) is 0 Å². The van der Waals surface area contributed by atoms with Gasteiger partial charge in [-0.25, -0.2) is 0 Å². The number of fused-ring (bicyclic) bond motifs is 1. The third-order valence-corrected chi connectivity index (χ3v) is 4.87. The van der Waals surface area contributed by atoms with E-state index >= 15 is 0 Å². The van der Waals surface area contributed by atoms with E-state index in [1.807, 2.05) is 24.3 Å². The van der Waals surface area contributed by atoms with Gasteiger partial charge in [-0.15, -0.1) is 4.40 Å². The molecular weight excluding hydrogens is 338 g/mol. The summed E-state index contributed by atoms with van der Waals surface area (Å²) in [5.41, 5.74) is 1.37. The minimum Gasteiger partial charge on any atom is -0.497 e. The van der Waals surface area contributed by atoms with Crippen molar-refractivity contribution in [2.45, 2.75) is 11.4 Å². The van der Waals surface area contributed by atoms with Crippen LogP contribution < -0.4 is 15.4 Å². The molecule has 23 heavy (non-hydrogen) atoms. The molecule has 0 radical (unpaired) electrons. The molecule has 1 heterocycles. The van der Waals surface area contributed by atoms with E-state index in [0.29, 0.717) is 17.3 Å². The minimum absolute atomic E-state index is 0.108. The van der Waals surface area contributed by atoms with Crippen molar-refractivity contribution in [3.63, 3.8) is 0 Å². The van der Waals surface area contributed by atoms with Crippen molar-refractivity contribution in [2.75, 3.05) is 12.4 Å². The van der Waals surface area contributed by atoms with Crippen molar-refractivity contribution in [1.82, 2.24) is 5.32 Å². The maximum atomic E-state index is 12.2. The lowest BCUT2D eigenvalue weighted by Gasteiger charge is -2.19. The molecule has 0 aliphatic carbocycles. The monoisotopic (exact) mass is 351 g/mol. The van der Waals surface area contributed by atoms with Crippen LogP contribution in [0.4, 0.5) is 5.69 Å². The van der Waals surface area contributed by atoms with Crippen LogP contribution in [0.5, 0.6) is 5.75 Å². The van der Waals surface area contributed by atoms with Crippen LogP contribution >= 0.6 is 11.6 Å². The van der Waals surface area contributed by atoms with E-state index in [-0.39, 0.29) is 10.9 Å². The highest BCUT2D eigenvalue weighted by Crippen LogP contribution is 2.29. The SMILES string of the molecule is COc1ccc(CNC2=NS(=O)(=O)c3ccc(Cl)cc3N2)cc1. The van der Waals surface area contributed by atoms with Gasteiger partial charge < -0.3 is 15.4 Å². The normalized spacial score (nSPS) is 15.1. The van der Waals surface area contributed by atoms with Crippen molar-refractivity contribution in [3.05, 3.63) is 53.1 Å². The van der Waals surface area contributed by atoms with Gasteiger partial charge in [-0.3, -0.25) is 0 Å². The summed E-state index contributed by atoms with van der Waals surface area (Å²) >= 11 is 5.91. The Hall–Kier alpha value is -2.25. The maximum absolute atomic E-state index is 12.2. The first kappa shape index (κ1) is 15.6. The van der Waals surface area contributed by atoms with Gasteiger partial charge in [0.2, 0.25) is 5.96 Å². The molecule has 0 spiro atoms. The number of methoxy groups -OCH3 is 1. The van der Waals surface area contributed by atoms with Gasteiger partial charge in [0.25, 0.3) is 10.0 Å². The molecule has 2 aromatic carbocycles. The zero-order chi connectivity index (χ0) is 16.4. The summed E-state index contributed by atoms with van der Waals surface area (Å²) in [5.74, 6) is 0.920. The number of rotatable bonds is 3. The molecule has 3 rings (SSSR count). The standard InChI is InChI=1S/C15H14ClN3O3S/c1-22-12-5-2-10(3-6-12)9-17-15-18-13-8-11(16)4-7-14(13)23(20,21)19-15/h2-8H,9H2,1H3,(H2,17,18,19). The van der Waals surface area contributed by atoms with Gasteiger partial charge in [-0.05, 0) is 35.9 Å². The van der Waals surface area contributed by atoms with Crippen molar-refractivity contribution in [3.8, 4) is 5.75 Å². The fraction of sp³-hybridized carbons (Fsp3) is 0.133. The Morgan fingerprint density at radius 3 is 2.65 bits per heavy atom. The van der Waals surface area contributed by atoms with Crippen LogP contribution in [0.25, 0.3) is 0 Å². The number of hydrogen-bond donors (Lipinski definition) is 2. The van der Waals surface area contributed by atoms with Gasteiger partial charge in [0.1, 0.15) is 10.6 Å². The topological polar surface area (TPSA) is 79.8 Å². The molecule has 8 heteroatoms. The molecule has 0 amide bonds. The summed E-state index contributed by atoms with van der Waals surface area (Å²) in [6, 6.07) is 11.9. The maximum Gasteiger partial charge on any atom is 0.287 e. The molecule has 0 aromatic heterocycles. The van der Waals surface area contributed by atoms with E-state index < -0.39 is 10.0 Å². The van der Waals surface area contributed by atoms with Crippen LogP contribution in [-0.4, -0.2) is 21.5 Å². The lowest BCUT2D eigenvalue weighted by Crippen LogP contribution is -2.34. The fourth-order valence-electron chi connectivity index (χ4n) is 2.15. The van der Waals surface area contributed by atoms with E-state index in [4.69, 9.17) is 16.3 Å². The Bertz CT molecular complexity index is 864. The molecule has 120 valence electrons. The molecule has 1 aliphatic heterocycles. The quantitative estimate of drug-likeness (QED) is 0.888. The zero-order valence-corrected chi connectivity index (χ0v) is 13.8. The molecule has 0 fully saturated rings. The first-order chi connectivity index (χ1) is 11.0. The van der Waals surface area contributed by atoms with E-state index in [9.17, 15) is 8.42 Å². The third-order valence-electron chi connectivity index (χ3n) is 3.30. The number of halogens is 1. The first-order valence-electron chi connectivity index (χ1n) is 6.76. The van der Waals surface area contributed by atoms with Crippen molar-refractivity contribution < 1.29 is 13.2 Å². The van der Waals surface area contributed by atoms with Crippen LogP contribution in [0, 0.1) is 0 Å². The summed E-state index contributed by atoms with van der Waals surface area (Å²) in [6.45, 7) is 0.418. The number of anilines is 1. The average molecular weight is 352 g/mol. The van der Waals surface area contributed by atoms with Crippen molar-refractivity contribution in [1.29, 1.82) is 0 Å². The molecule has 0 saturated heterocycles. The van der Waals surface area contributed by atoms with Gasteiger partial charge in [-0.1, -0.05) is 23.7 Å². The predicted molar refractivity (Wildman–Crippen MR) is 89.5 cm³/mol. The van der Waals surface area contributed by atoms with E-state index in [0.717, 1.165) is 11.3 Å². The Morgan fingerprint density at radius 1 is 1.22 bits per heavy atom. The van der Waals surface area contributed by atoms with Crippen LogP contribution in [0.2, 0.25) is 5.02 Å². The Kier molecular flexibility index (Phi) is 4.14. The second-order valence-corrected chi connectivity index (χ2v) is 6.89. The van der Waals surface area contributed by atoms with Crippen LogP contribution in [-0.2, 0) is 16.6 Å². The fourth-order valence-corrected chi connectivity index (χ4v) is 3.40. The molecule has 0 unspecified atom stereocenters. The van der Waals surface area contributed by atoms with Gasteiger partial charge in [-0.2, -0.15) is 8.42 Å². The minimum atomic E-state index is -3.74. The Labute approximate surface area is 139 Å². The van der Waals surface area contributed by atoms with Crippen LogP contribution in [0.15, 0.2) is 51.8 Å². The predicted octanol–water partition coefficient (Wildman–Crippen LogP) is 2.61. The Balaban J connectivity index is 1.77. The number of ether oxygens (including phenoxy) is 1. The van der Waals surface area contributed by atoms with Gasteiger partial charge >= 0.3 is 0 Å². The lowest BCUT2D eigenvalue weighted by atomic mass is 10.2. The van der Waals surface area contributed by atoms with Gasteiger partial charge in [0, 0.05) is 11.6 Å². The number of sulfonamides is 1.